The zero-order valence-electron chi connectivity index (χ0n) is 15.0. The summed E-state index contributed by atoms with van der Waals surface area (Å²) in [5.41, 5.74) is 0. The van der Waals surface area contributed by atoms with Crippen LogP contribution in [-0.4, -0.2) is 129 Å². The van der Waals surface area contributed by atoms with Crippen molar-refractivity contribution < 1.29 is 59.6 Å². The SMILES string of the molecule is C[N+]([O-])=NCO[C@@H]1O[C@H](CO)[C@@H](OC2O[C@H](CO)[C@@H](O)[C@H](O)[C@H]2O)[C@@H](O)[C@H]1O. The Morgan fingerprint density at radius 1 is 0.857 bits per heavy atom. The second-order valence-electron chi connectivity index (χ2n) is 6.41. The average Bonchev–Trinajstić information content (AvgIpc) is 2.66. The Bertz CT molecular complexity index is 517. The van der Waals surface area contributed by atoms with E-state index in [1.54, 1.807) is 0 Å². The van der Waals surface area contributed by atoms with Gasteiger partial charge < -0.3 is 59.9 Å². The number of aliphatic hydroxyl groups excluding tert-OH is 7. The first-order valence-corrected chi connectivity index (χ1v) is 8.49. The molecular weight excluding hydrogens is 388 g/mol. The minimum absolute atomic E-state index is 0.222. The smallest absolute Gasteiger partial charge is 0.203 e. The van der Waals surface area contributed by atoms with Gasteiger partial charge in [0.2, 0.25) is 6.73 Å². The van der Waals surface area contributed by atoms with Crippen LogP contribution < -0.4 is 0 Å². The van der Waals surface area contributed by atoms with Crippen molar-refractivity contribution in [2.24, 2.45) is 5.11 Å². The van der Waals surface area contributed by atoms with E-state index in [0.29, 0.717) is 0 Å². The second kappa shape index (κ2) is 10.1. The first-order chi connectivity index (χ1) is 13.2. The number of nitrogens with zero attached hydrogens (tertiary/aromatic N) is 2. The summed E-state index contributed by atoms with van der Waals surface area (Å²) >= 11 is 0. The van der Waals surface area contributed by atoms with Gasteiger partial charge in [0.1, 0.15) is 48.8 Å². The zero-order valence-corrected chi connectivity index (χ0v) is 15.0. The Morgan fingerprint density at radius 3 is 2.00 bits per heavy atom. The Kier molecular flexibility index (Phi) is 8.41. The Balaban J connectivity index is 2.07. The van der Waals surface area contributed by atoms with Crippen LogP contribution in [0.15, 0.2) is 5.11 Å². The van der Waals surface area contributed by atoms with Crippen LogP contribution in [-0.2, 0) is 18.9 Å². The fourth-order valence-electron chi connectivity index (χ4n) is 2.88. The molecule has 2 aliphatic heterocycles. The summed E-state index contributed by atoms with van der Waals surface area (Å²) in [6, 6.07) is 0. The summed E-state index contributed by atoms with van der Waals surface area (Å²) < 4.78 is 20.9. The summed E-state index contributed by atoms with van der Waals surface area (Å²) in [5.74, 6) is 0. The van der Waals surface area contributed by atoms with Crippen molar-refractivity contribution in [2.45, 2.75) is 61.4 Å². The van der Waals surface area contributed by atoms with E-state index in [9.17, 15) is 41.0 Å². The third kappa shape index (κ3) is 5.11. The topological polar surface area (TPSA) is 217 Å². The predicted molar refractivity (Wildman–Crippen MR) is 84.3 cm³/mol. The summed E-state index contributed by atoms with van der Waals surface area (Å²) in [6.45, 7) is -1.86. The van der Waals surface area contributed by atoms with Crippen LogP contribution in [0, 0.1) is 5.21 Å². The quantitative estimate of drug-likeness (QED) is 0.119. The van der Waals surface area contributed by atoms with E-state index in [1.807, 2.05) is 0 Å². The fourth-order valence-corrected chi connectivity index (χ4v) is 2.88. The van der Waals surface area contributed by atoms with Gasteiger partial charge in [-0.25, -0.2) is 0 Å². The van der Waals surface area contributed by atoms with Crippen molar-refractivity contribution >= 4 is 0 Å². The highest BCUT2D eigenvalue weighted by atomic mass is 16.7. The van der Waals surface area contributed by atoms with E-state index < -0.39 is 81.4 Å². The predicted octanol–water partition coefficient (Wildman–Crippen LogP) is -4.82. The maximum Gasteiger partial charge on any atom is 0.203 e. The number of rotatable bonds is 7. The molecule has 0 spiro atoms. The highest BCUT2D eigenvalue weighted by Crippen LogP contribution is 2.29. The zero-order chi connectivity index (χ0) is 21.0. The molecule has 0 amide bonds. The van der Waals surface area contributed by atoms with Crippen molar-refractivity contribution in [2.75, 3.05) is 27.0 Å². The monoisotopic (exact) mass is 414 g/mol. The molecule has 1 unspecified atom stereocenters. The number of ether oxygens (including phenoxy) is 4. The van der Waals surface area contributed by atoms with Crippen LogP contribution in [0.5, 0.6) is 0 Å². The number of hydroxylamine groups is 1. The third-order valence-corrected chi connectivity index (χ3v) is 4.46. The normalized spacial score (nSPS) is 45.2. The molecule has 0 bridgehead atoms. The van der Waals surface area contributed by atoms with Crippen LogP contribution in [0.4, 0.5) is 0 Å². The molecule has 0 aromatic carbocycles. The van der Waals surface area contributed by atoms with Crippen molar-refractivity contribution in [3.05, 3.63) is 5.21 Å². The van der Waals surface area contributed by atoms with Crippen LogP contribution in [0.1, 0.15) is 0 Å². The maximum absolute atomic E-state index is 10.7. The molecule has 0 aromatic heterocycles. The van der Waals surface area contributed by atoms with Crippen molar-refractivity contribution in [3.8, 4) is 0 Å². The van der Waals surface area contributed by atoms with Gasteiger partial charge in [-0.05, 0) is 5.11 Å². The third-order valence-electron chi connectivity index (χ3n) is 4.46. The van der Waals surface area contributed by atoms with E-state index in [4.69, 9.17) is 18.9 Å². The van der Waals surface area contributed by atoms with E-state index in [1.165, 1.54) is 0 Å². The minimum atomic E-state index is -1.75. The summed E-state index contributed by atoms with van der Waals surface area (Å²) in [4.78, 5) is 0.222. The molecule has 164 valence electrons. The van der Waals surface area contributed by atoms with E-state index >= 15 is 0 Å². The molecule has 2 saturated heterocycles. The molecule has 0 aromatic rings. The molecule has 0 aliphatic carbocycles. The minimum Gasteiger partial charge on any atom is -0.600 e. The first kappa shape index (κ1) is 23.2. The molecule has 28 heavy (non-hydrogen) atoms. The molecule has 0 saturated carbocycles. The van der Waals surface area contributed by atoms with Crippen LogP contribution >= 0.6 is 0 Å². The standard InChI is InChI=1S/C14H26N2O12/c1-16(24)15-4-25-13-11(23)9(21)12(6(3-18)27-13)28-14-10(22)8(20)7(19)5(2-17)26-14/h5-14,17-23H,2-4H2,1H3/t5-,6-,7-,8+,9+,10-,11-,12-,13-,14?/m1/s1. The summed E-state index contributed by atoms with van der Waals surface area (Å²) in [5, 5.41) is 82.9. The number of hydrogen-bond acceptors (Lipinski definition) is 13. The lowest BCUT2D eigenvalue weighted by Gasteiger charge is -2.45. The van der Waals surface area contributed by atoms with Crippen LogP contribution in [0.3, 0.4) is 0 Å². The lowest BCUT2D eigenvalue weighted by atomic mass is 9.97. The largest absolute Gasteiger partial charge is 0.600 e. The number of azo groups is 1. The van der Waals surface area contributed by atoms with Gasteiger partial charge in [-0.1, -0.05) is 4.86 Å². The van der Waals surface area contributed by atoms with E-state index in [0.717, 1.165) is 7.05 Å². The Labute approximate surface area is 159 Å². The Morgan fingerprint density at radius 2 is 1.43 bits per heavy atom. The van der Waals surface area contributed by atoms with Gasteiger partial charge in [-0.15, -0.1) is 0 Å². The number of aliphatic hydroxyl groups is 7. The fraction of sp³-hybridized carbons (Fsp3) is 1.00. The molecule has 10 atom stereocenters. The van der Waals surface area contributed by atoms with Gasteiger partial charge in [0.05, 0.1) is 13.2 Å². The van der Waals surface area contributed by atoms with Gasteiger partial charge in [0.25, 0.3) is 0 Å². The van der Waals surface area contributed by atoms with Gasteiger partial charge in [0, 0.05) is 0 Å². The van der Waals surface area contributed by atoms with Crippen molar-refractivity contribution in [3.63, 3.8) is 0 Å². The molecule has 7 N–H and O–H groups in total. The van der Waals surface area contributed by atoms with Gasteiger partial charge >= 0.3 is 0 Å². The van der Waals surface area contributed by atoms with Crippen molar-refractivity contribution in [1.29, 1.82) is 0 Å². The molecular formula is C14H26N2O12. The number of hydrogen-bond donors (Lipinski definition) is 7. The lowest BCUT2D eigenvalue weighted by molar-refractivity contribution is -0.505. The van der Waals surface area contributed by atoms with Crippen LogP contribution in [0.25, 0.3) is 0 Å². The highest BCUT2D eigenvalue weighted by molar-refractivity contribution is 4.94. The van der Waals surface area contributed by atoms with E-state index in [2.05, 4.69) is 5.11 Å². The Hall–Kier alpha value is -1.04. The second-order valence-corrected chi connectivity index (χ2v) is 6.41. The van der Waals surface area contributed by atoms with Crippen LogP contribution in [0.2, 0.25) is 0 Å². The molecule has 14 heteroatoms. The van der Waals surface area contributed by atoms with E-state index in [-0.39, 0.29) is 4.86 Å². The van der Waals surface area contributed by atoms with Gasteiger partial charge in [-0.2, -0.15) is 0 Å². The first-order valence-electron chi connectivity index (χ1n) is 8.49. The maximum atomic E-state index is 10.7. The van der Waals surface area contributed by atoms with Gasteiger partial charge in [0.15, 0.2) is 19.6 Å². The summed E-state index contributed by atoms with van der Waals surface area (Å²) in [7, 11) is 1.11. The summed E-state index contributed by atoms with van der Waals surface area (Å²) in [6.07, 6.45) is -15.4. The molecule has 14 nitrogen and oxygen atoms in total. The lowest BCUT2D eigenvalue weighted by Crippen LogP contribution is -2.64. The average molecular weight is 414 g/mol. The molecule has 0 radical (unpaired) electrons. The van der Waals surface area contributed by atoms with Gasteiger partial charge in [-0.3, -0.25) is 0 Å². The highest BCUT2D eigenvalue weighted by Gasteiger charge is 2.50. The molecule has 2 heterocycles. The van der Waals surface area contributed by atoms with Crippen molar-refractivity contribution in [1.82, 2.24) is 0 Å². The molecule has 2 fully saturated rings. The molecule has 2 rings (SSSR count). The molecule has 2 aliphatic rings.